The molecule has 0 saturated carbocycles. The van der Waals surface area contributed by atoms with E-state index in [1.54, 1.807) is 36.3 Å². The highest BCUT2D eigenvalue weighted by atomic mass is 35.5. The van der Waals surface area contributed by atoms with Crippen molar-refractivity contribution in [3.63, 3.8) is 0 Å². The van der Waals surface area contributed by atoms with Crippen LogP contribution in [-0.2, 0) is 16.1 Å². The number of rotatable bonds is 8. The summed E-state index contributed by atoms with van der Waals surface area (Å²) in [7, 11) is 3.08. The second-order valence-corrected chi connectivity index (χ2v) is 6.31. The Kier molecular flexibility index (Phi) is 7.49. The van der Waals surface area contributed by atoms with Crippen molar-refractivity contribution >= 4 is 29.1 Å². The summed E-state index contributed by atoms with van der Waals surface area (Å²) in [5.41, 5.74) is 1.44. The van der Waals surface area contributed by atoms with E-state index >= 15 is 0 Å². The summed E-state index contributed by atoms with van der Waals surface area (Å²) < 4.78 is 10.4. The third-order valence-electron chi connectivity index (χ3n) is 4.04. The number of methoxy groups -OCH3 is 2. The number of carbonyl (C=O) groups is 2. The van der Waals surface area contributed by atoms with Crippen LogP contribution in [0.1, 0.15) is 18.9 Å². The molecule has 144 valence electrons. The number of amides is 2. The van der Waals surface area contributed by atoms with E-state index in [1.807, 2.05) is 18.2 Å². The van der Waals surface area contributed by atoms with E-state index in [0.717, 1.165) is 5.56 Å². The van der Waals surface area contributed by atoms with Crippen LogP contribution in [0.3, 0.4) is 0 Å². The summed E-state index contributed by atoms with van der Waals surface area (Å²) in [6, 6.07) is 12.5. The average molecular weight is 391 g/mol. The number of hydrogen-bond acceptors (Lipinski definition) is 4. The molecular formula is C20H23ClN2O4. The van der Waals surface area contributed by atoms with E-state index in [0.29, 0.717) is 35.3 Å². The molecule has 2 aromatic rings. The fourth-order valence-corrected chi connectivity index (χ4v) is 2.75. The first-order chi connectivity index (χ1) is 12.9. The van der Waals surface area contributed by atoms with Gasteiger partial charge in [-0.15, -0.1) is 0 Å². The van der Waals surface area contributed by atoms with E-state index < -0.39 is 0 Å². The lowest BCUT2D eigenvalue weighted by Gasteiger charge is -2.21. The molecule has 0 spiro atoms. The molecule has 6 nitrogen and oxygen atoms in total. The van der Waals surface area contributed by atoms with Gasteiger partial charge >= 0.3 is 0 Å². The lowest BCUT2D eigenvalue weighted by Crippen LogP contribution is -2.31. The van der Waals surface area contributed by atoms with Crippen molar-refractivity contribution in [2.24, 2.45) is 0 Å². The maximum absolute atomic E-state index is 12.3. The fourth-order valence-electron chi connectivity index (χ4n) is 2.55. The van der Waals surface area contributed by atoms with Gasteiger partial charge in [0.15, 0.2) is 11.5 Å². The maximum Gasteiger partial charge on any atom is 0.226 e. The van der Waals surface area contributed by atoms with Gasteiger partial charge in [-0.25, -0.2) is 0 Å². The number of anilines is 1. The van der Waals surface area contributed by atoms with Crippen LogP contribution in [0.25, 0.3) is 0 Å². The van der Waals surface area contributed by atoms with Gasteiger partial charge in [-0.05, 0) is 23.8 Å². The van der Waals surface area contributed by atoms with Gasteiger partial charge in [0.05, 0.1) is 14.2 Å². The van der Waals surface area contributed by atoms with Crippen molar-refractivity contribution in [2.75, 3.05) is 26.1 Å². The van der Waals surface area contributed by atoms with E-state index in [-0.39, 0.29) is 18.2 Å². The Morgan fingerprint density at radius 3 is 2.41 bits per heavy atom. The first-order valence-electron chi connectivity index (χ1n) is 8.45. The largest absolute Gasteiger partial charge is 0.493 e. The Hall–Kier alpha value is -2.73. The van der Waals surface area contributed by atoms with Gasteiger partial charge in [-0.2, -0.15) is 0 Å². The summed E-state index contributed by atoms with van der Waals surface area (Å²) in [6.45, 7) is 2.13. The second kappa shape index (κ2) is 9.83. The molecule has 0 aliphatic carbocycles. The van der Waals surface area contributed by atoms with Crippen LogP contribution in [0.5, 0.6) is 11.5 Å². The zero-order valence-corrected chi connectivity index (χ0v) is 16.4. The molecule has 2 aromatic carbocycles. The Bertz CT molecular complexity index is 810. The monoisotopic (exact) mass is 390 g/mol. The number of nitrogens with one attached hydrogen (secondary N) is 1. The SMILES string of the molecule is COc1ccc(NC(=O)CCN(Cc2ccccc2Cl)C(C)=O)cc1OC. The molecular weight excluding hydrogens is 368 g/mol. The molecule has 0 aromatic heterocycles. The van der Waals surface area contributed by atoms with Gasteiger partial charge < -0.3 is 19.7 Å². The molecule has 0 unspecified atom stereocenters. The molecule has 0 fully saturated rings. The van der Waals surface area contributed by atoms with Gasteiger partial charge in [0.1, 0.15) is 0 Å². The standard InChI is InChI=1S/C20H23ClN2O4/c1-14(24)23(13-15-6-4-5-7-17(15)21)11-10-20(25)22-16-8-9-18(26-2)19(12-16)27-3/h4-9,12H,10-11,13H2,1-3H3,(H,22,25). The Labute approximate surface area is 164 Å². The van der Waals surface area contributed by atoms with Crippen molar-refractivity contribution < 1.29 is 19.1 Å². The number of benzene rings is 2. The van der Waals surface area contributed by atoms with Crippen LogP contribution in [0.2, 0.25) is 5.02 Å². The minimum atomic E-state index is -0.201. The molecule has 2 amide bonds. The molecule has 27 heavy (non-hydrogen) atoms. The number of carbonyl (C=O) groups excluding carboxylic acids is 2. The lowest BCUT2D eigenvalue weighted by atomic mass is 10.2. The number of ether oxygens (including phenoxy) is 2. The van der Waals surface area contributed by atoms with Gasteiger partial charge in [-0.1, -0.05) is 29.8 Å². The highest BCUT2D eigenvalue weighted by molar-refractivity contribution is 6.31. The predicted octanol–water partition coefficient (Wildman–Crippen LogP) is 3.73. The maximum atomic E-state index is 12.3. The van der Waals surface area contributed by atoms with Crippen LogP contribution < -0.4 is 14.8 Å². The van der Waals surface area contributed by atoms with Gasteiger partial charge in [0.25, 0.3) is 0 Å². The quantitative estimate of drug-likeness (QED) is 0.745. The topological polar surface area (TPSA) is 67.9 Å². The molecule has 0 radical (unpaired) electrons. The minimum Gasteiger partial charge on any atom is -0.493 e. The number of nitrogens with zero attached hydrogens (tertiary/aromatic N) is 1. The Morgan fingerprint density at radius 2 is 1.78 bits per heavy atom. The first-order valence-corrected chi connectivity index (χ1v) is 8.83. The van der Waals surface area contributed by atoms with Crippen molar-refractivity contribution in [1.82, 2.24) is 4.90 Å². The molecule has 1 N–H and O–H groups in total. The van der Waals surface area contributed by atoms with Crippen molar-refractivity contribution in [1.29, 1.82) is 0 Å². The van der Waals surface area contributed by atoms with Crippen LogP contribution in [0.15, 0.2) is 42.5 Å². The van der Waals surface area contributed by atoms with Crippen molar-refractivity contribution in [3.8, 4) is 11.5 Å². The molecule has 0 saturated heterocycles. The Balaban J connectivity index is 1.96. The summed E-state index contributed by atoms with van der Waals surface area (Å²) >= 11 is 6.16. The first kappa shape index (κ1) is 20.6. The molecule has 7 heteroatoms. The third kappa shape index (κ3) is 5.89. The van der Waals surface area contributed by atoms with E-state index in [9.17, 15) is 9.59 Å². The van der Waals surface area contributed by atoms with Gasteiger partial charge in [0, 0.05) is 43.2 Å². The van der Waals surface area contributed by atoms with Gasteiger partial charge in [-0.3, -0.25) is 9.59 Å². The van der Waals surface area contributed by atoms with Crippen LogP contribution in [0, 0.1) is 0 Å². The highest BCUT2D eigenvalue weighted by Gasteiger charge is 2.14. The number of halogens is 1. The van der Waals surface area contributed by atoms with E-state index in [4.69, 9.17) is 21.1 Å². The molecule has 0 bridgehead atoms. The minimum absolute atomic E-state index is 0.117. The average Bonchev–Trinajstić information content (AvgIpc) is 2.66. The normalized spacial score (nSPS) is 10.2. The molecule has 0 aliphatic rings. The Morgan fingerprint density at radius 1 is 1.07 bits per heavy atom. The van der Waals surface area contributed by atoms with Crippen LogP contribution >= 0.6 is 11.6 Å². The molecule has 0 atom stereocenters. The summed E-state index contributed by atoms with van der Waals surface area (Å²) in [4.78, 5) is 25.8. The van der Waals surface area contributed by atoms with Crippen molar-refractivity contribution in [2.45, 2.75) is 19.9 Å². The van der Waals surface area contributed by atoms with E-state index in [2.05, 4.69) is 5.32 Å². The van der Waals surface area contributed by atoms with E-state index in [1.165, 1.54) is 14.0 Å². The van der Waals surface area contributed by atoms with Gasteiger partial charge in [0.2, 0.25) is 11.8 Å². The van der Waals surface area contributed by atoms with Crippen molar-refractivity contribution in [3.05, 3.63) is 53.1 Å². The zero-order chi connectivity index (χ0) is 19.8. The third-order valence-corrected chi connectivity index (χ3v) is 4.41. The molecule has 0 heterocycles. The summed E-state index contributed by atoms with van der Waals surface area (Å²) in [5, 5.41) is 3.39. The molecule has 2 rings (SSSR count). The van der Waals surface area contributed by atoms with Crippen LogP contribution in [0.4, 0.5) is 5.69 Å². The summed E-state index contributed by atoms with van der Waals surface area (Å²) in [6.07, 6.45) is 0.165. The second-order valence-electron chi connectivity index (χ2n) is 5.90. The summed E-state index contributed by atoms with van der Waals surface area (Å²) in [5.74, 6) is 0.791. The smallest absolute Gasteiger partial charge is 0.226 e. The molecule has 0 aliphatic heterocycles. The predicted molar refractivity (Wildman–Crippen MR) is 105 cm³/mol. The number of hydrogen-bond donors (Lipinski definition) is 1. The fraction of sp³-hybridized carbons (Fsp3) is 0.300. The lowest BCUT2D eigenvalue weighted by molar-refractivity contribution is -0.129. The highest BCUT2D eigenvalue weighted by Crippen LogP contribution is 2.29. The van der Waals surface area contributed by atoms with Crippen LogP contribution in [-0.4, -0.2) is 37.5 Å². The zero-order valence-electron chi connectivity index (χ0n) is 15.6.